The molecule has 0 aliphatic carbocycles. The summed E-state index contributed by atoms with van der Waals surface area (Å²) in [4.78, 5) is 0. The minimum Gasteiger partial charge on any atom is -0.497 e. The lowest BCUT2D eigenvalue weighted by molar-refractivity contribution is 0.207. The van der Waals surface area contributed by atoms with Crippen molar-refractivity contribution in [2.75, 3.05) is 13.7 Å². The smallest absolute Gasteiger partial charge is 0.124 e. The van der Waals surface area contributed by atoms with Crippen molar-refractivity contribution in [3.8, 4) is 11.5 Å². The predicted octanol–water partition coefficient (Wildman–Crippen LogP) is 3.37. The summed E-state index contributed by atoms with van der Waals surface area (Å²) in [6.45, 7) is 8.14. The van der Waals surface area contributed by atoms with Gasteiger partial charge in [0.1, 0.15) is 11.5 Å². The molecule has 1 rings (SSSR count). The quantitative estimate of drug-likeness (QED) is 0.768. The lowest BCUT2D eigenvalue weighted by atomic mass is 10.1. The van der Waals surface area contributed by atoms with E-state index in [4.69, 9.17) is 9.47 Å². The van der Waals surface area contributed by atoms with Gasteiger partial charge in [0.2, 0.25) is 0 Å². The van der Waals surface area contributed by atoms with Crippen LogP contribution in [0.5, 0.6) is 11.5 Å². The van der Waals surface area contributed by atoms with Gasteiger partial charge in [0.15, 0.2) is 0 Å². The zero-order valence-electron chi connectivity index (χ0n) is 12.0. The van der Waals surface area contributed by atoms with Gasteiger partial charge < -0.3 is 14.8 Å². The summed E-state index contributed by atoms with van der Waals surface area (Å²) >= 11 is 0. The minimum atomic E-state index is 0.253. The van der Waals surface area contributed by atoms with E-state index in [-0.39, 0.29) is 6.10 Å². The average molecular weight is 251 g/mol. The fourth-order valence-electron chi connectivity index (χ4n) is 1.88. The van der Waals surface area contributed by atoms with Crippen molar-refractivity contribution in [2.45, 2.75) is 46.3 Å². The van der Waals surface area contributed by atoms with Gasteiger partial charge in [-0.1, -0.05) is 20.3 Å². The van der Waals surface area contributed by atoms with Gasteiger partial charge in [-0.3, -0.25) is 0 Å². The molecule has 0 aliphatic heterocycles. The standard InChI is InChI=1S/C15H25NO2/c1-5-7-12(3)18-15-9-8-14(17-4)10-13(15)11-16-6-2/h8-10,12,16H,5-7,11H2,1-4H3. The van der Waals surface area contributed by atoms with Crippen LogP contribution in [0.15, 0.2) is 18.2 Å². The van der Waals surface area contributed by atoms with Crippen molar-refractivity contribution < 1.29 is 9.47 Å². The molecule has 0 aliphatic rings. The Hall–Kier alpha value is -1.22. The van der Waals surface area contributed by atoms with Crippen LogP contribution in [0, 0.1) is 0 Å². The number of hydrogen-bond acceptors (Lipinski definition) is 3. The molecule has 0 bridgehead atoms. The summed E-state index contributed by atoms with van der Waals surface area (Å²) in [5, 5.41) is 3.33. The zero-order valence-corrected chi connectivity index (χ0v) is 12.0. The summed E-state index contributed by atoms with van der Waals surface area (Å²) < 4.78 is 11.2. The molecule has 0 radical (unpaired) electrons. The van der Waals surface area contributed by atoms with Crippen LogP contribution < -0.4 is 14.8 Å². The van der Waals surface area contributed by atoms with E-state index in [9.17, 15) is 0 Å². The molecule has 0 saturated heterocycles. The van der Waals surface area contributed by atoms with Crippen LogP contribution in [-0.4, -0.2) is 19.8 Å². The van der Waals surface area contributed by atoms with Crippen LogP contribution in [0.1, 0.15) is 39.2 Å². The van der Waals surface area contributed by atoms with Gasteiger partial charge in [-0.2, -0.15) is 0 Å². The van der Waals surface area contributed by atoms with Crippen molar-refractivity contribution in [1.82, 2.24) is 5.32 Å². The number of ether oxygens (including phenoxy) is 2. The zero-order chi connectivity index (χ0) is 13.4. The van der Waals surface area contributed by atoms with Crippen LogP contribution in [0.25, 0.3) is 0 Å². The van der Waals surface area contributed by atoms with E-state index in [1.54, 1.807) is 7.11 Å². The Balaban J connectivity index is 2.80. The average Bonchev–Trinajstić information content (AvgIpc) is 2.37. The van der Waals surface area contributed by atoms with E-state index in [1.165, 1.54) is 0 Å². The molecule has 1 unspecified atom stereocenters. The number of methoxy groups -OCH3 is 1. The maximum atomic E-state index is 5.99. The number of hydrogen-bond donors (Lipinski definition) is 1. The fourth-order valence-corrected chi connectivity index (χ4v) is 1.88. The van der Waals surface area contributed by atoms with Crippen LogP contribution in [-0.2, 0) is 6.54 Å². The summed E-state index contributed by atoms with van der Waals surface area (Å²) in [6, 6.07) is 5.98. The second kappa shape index (κ2) is 7.98. The largest absolute Gasteiger partial charge is 0.497 e. The first-order chi connectivity index (χ1) is 8.71. The lowest BCUT2D eigenvalue weighted by Gasteiger charge is -2.18. The molecule has 1 aromatic carbocycles. The number of nitrogens with one attached hydrogen (secondary N) is 1. The second-order valence-corrected chi connectivity index (χ2v) is 4.47. The van der Waals surface area contributed by atoms with E-state index in [2.05, 4.69) is 26.1 Å². The molecular weight excluding hydrogens is 226 g/mol. The number of benzene rings is 1. The maximum Gasteiger partial charge on any atom is 0.124 e. The molecule has 102 valence electrons. The Morgan fingerprint density at radius 2 is 2.06 bits per heavy atom. The monoisotopic (exact) mass is 251 g/mol. The van der Waals surface area contributed by atoms with Gasteiger partial charge in [0, 0.05) is 12.1 Å². The van der Waals surface area contributed by atoms with E-state index < -0.39 is 0 Å². The second-order valence-electron chi connectivity index (χ2n) is 4.47. The molecule has 0 spiro atoms. The summed E-state index contributed by atoms with van der Waals surface area (Å²) in [7, 11) is 1.69. The summed E-state index contributed by atoms with van der Waals surface area (Å²) in [5.41, 5.74) is 1.15. The molecule has 1 atom stereocenters. The van der Waals surface area contributed by atoms with Gasteiger partial charge in [-0.25, -0.2) is 0 Å². The Morgan fingerprint density at radius 3 is 2.67 bits per heavy atom. The normalized spacial score (nSPS) is 12.2. The van der Waals surface area contributed by atoms with E-state index in [0.29, 0.717) is 0 Å². The van der Waals surface area contributed by atoms with Gasteiger partial charge in [-0.15, -0.1) is 0 Å². The van der Waals surface area contributed by atoms with E-state index in [0.717, 1.165) is 43.0 Å². The fraction of sp³-hybridized carbons (Fsp3) is 0.600. The Bertz CT molecular complexity index is 352. The van der Waals surface area contributed by atoms with Crippen molar-refractivity contribution >= 4 is 0 Å². The van der Waals surface area contributed by atoms with E-state index >= 15 is 0 Å². The molecule has 0 heterocycles. The van der Waals surface area contributed by atoms with Crippen LogP contribution in [0.3, 0.4) is 0 Å². The topological polar surface area (TPSA) is 30.5 Å². The Kier molecular flexibility index (Phi) is 6.58. The summed E-state index contributed by atoms with van der Waals surface area (Å²) in [6.07, 6.45) is 2.47. The maximum absolute atomic E-state index is 5.99. The van der Waals surface area contributed by atoms with Crippen LogP contribution in [0.2, 0.25) is 0 Å². The summed E-state index contributed by atoms with van der Waals surface area (Å²) in [5.74, 6) is 1.83. The third-order valence-corrected chi connectivity index (χ3v) is 2.86. The third-order valence-electron chi connectivity index (χ3n) is 2.86. The first kappa shape index (κ1) is 14.8. The first-order valence-electron chi connectivity index (χ1n) is 6.75. The molecule has 0 amide bonds. The van der Waals surface area contributed by atoms with Crippen molar-refractivity contribution in [1.29, 1.82) is 0 Å². The SMILES string of the molecule is CCCC(C)Oc1ccc(OC)cc1CNCC. The Labute approximate surface area is 110 Å². The highest BCUT2D eigenvalue weighted by Crippen LogP contribution is 2.25. The molecule has 0 fully saturated rings. The molecular formula is C15H25NO2. The highest BCUT2D eigenvalue weighted by molar-refractivity contribution is 5.40. The molecule has 18 heavy (non-hydrogen) atoms. The molecule has 0 aromatic heterocycles. The van der Waals surface area contributed by atoms with Gasteiger partial charge in [0.05, 0.1) is 13.2 Å². The van der Waals surface area contributed by atoms with Crippen LogP contribution in [0.4, 0.5) is 0 Å². The van der Waals surface area contributed by atoms with Gasteiger partial charge in [-0.05, 0) is 38.1 Å². The molecule has 1 N–H and O–H groups in total. The molecule has 0 saturated carbocycles. The third kappa shape index (κ3) is 4.57. The minimum absolute atomic E-state index is 0.253. The van der Waals surface area contributed by atoms with Crippen molar-refractivity contribution in [3.05, 3.63) is 23.8 Å². The molecule has 1 aromatic rings. The predicted molar refractivity (Wildman–Crippen MR) is 75.4 cm³/mol. The van der Waals surface area contributed by atoms with Crippen molar-refractivity contribution in [3.63, 3.8) is 0 Å². The first-order valence-corrected chi connectivity index (χ1v) is 6.75. The van der Waals surface area contributed by atoms with Gasteiger partial charge >= 0.3 is 0 Å². The molecule has 3 heteroatoms. The highest BCUT2D eigenvalue weighted by atomic mass is 16.5. The van der Waals surface area contributed by atoms with E-state index in [1.807, 2.05) is 18.2 Å². The highest BCUT2D eigenvalue weighted by Gasteiger charge is 2.09. The van der Waals surface area contributed by atoms with Crippen molar-refractivity contribution in [2.24, 2.45) is 0 Å². The Morgan fingerprint density at radius 1 is 1.28 bits per heavy atom. The molecule has 3 nitrogen and oxygen atoms in total. The van der Waals surface area contributed by atoms with Gasteiger partial charge in [0.25, 0.3) is 0 Å². The number of rotatable bonds is 8. The lowest BCUT2D eigenvalue weighted by Crippen LogP contribution is -2.16. The van der Waals surface area contributed by atoms with Crippen LogP contribution >= 0.6 is 0 Å².